The van der Waals surface area contributed by atoms with Gasteiger partial charge in [0.15, 0.2) is 11.6 Å². The van der Waals surface area contributed by atoms with Crippen molar-refractivity contribution >= 4 is 0 Å². The predicted octanol–water partition coefficient (Wildman–Crippen LogP) is 1.92. The quantitative estimate of drug-likeness (QED) is 0.552. The van der Waals surface area contributed by atoms with Crippen molar-refractivity contribution in [2.45, 2.75) is 55.5 Å². The number of benzene rings is 2. The molecule has 0 fully saturated rings. The molecular formula is C21H24O4. The number of fused-ring (bicyclic) bond motifs is 4. The number of hydrogen-bond donors (Lipinski definition) is 4. The highest BCUT2D eigenvalue weighted by Crippen LogP contribution is 2.69. The number of rotatable bonds is 0. The van der Waals surface area contributed by atoms with E-state index in [1.165, 1.54) is 0 Å². The Morgan fingerprint density at radius 2 is 0.800 bits per heavy atom. The summed E-state index contributed by atoms with van der Waals surface area (Å²) in [5.74, 6) is -4.78. The minimum absolute atomic E-state index is 0.549. The molecule has 1 spiro atoms. The molecule has 0 bridgehead atoms. The van der Waals surface area contributed by atoms with E-state index >= 15 is 0 Å². The SMILES string of the molecule is CC1(C)c2ccccc2C2(c3ccccc3C(C)(C)C2(O)O)C1(O)O. The second-order valence-corrected chi connectivity index (χ2v) is 8.44. The van der Waals surface area contributed by atoms with Crippen molar-refractivity contribution < 1.29 is 20.4 Å². The molecule has 0 radical (unpaired) electrons. The molecule has 4 heteroatoms. The van der Waals surface area contributed by atoms with Crippen molar-refractivity contribution in [3.63, 3.8) is 0 Å². The van der Waals surface area contributed by atoms with E-state index in [2.05, 4.69) is 0 Å². The van der Waals surface area contributed by atoms with E-state index in [1.54, 1.807) is 52.0 Å². The zero-order valence-corrected chi connectivity index (χ0v) is 14.9. The van der Waals surface area contributed by atoms with Gasteiger partial charge < -0.3 is 20.4 Å². The first-order valence-corrected chi connectivity index (χ1v) is 8.55. The van der Waals surface area contributed by atoms with E-state index in [-0.39, 0.29) is 0 Å². The van der Waals surface area contributed by atoms with Crippen LogP contribution in [0, 0.1) is 0 Å². The van der Waals surface area contributed by atoms with Gasteiger partial charge in [0.25, 0.3) is 0 Å². The molecule has 0 saturated heterocycles. The first-order valence-electron chi connectivity index (χ1n) is 8.55. The van der Waals surface area contributed by atoms with Crippen LogP contribution in [0.5, 0.6) is 0 Å². The minimum atomic E-state index is -2.39. The predicted molar refractivity (Wildman–Crippen MR) is 94.1 cm³/mol. The standard InChI is InChI=1S/C21H24O4/c1-17(2)13-9-5-7-11-15(13)19(20(17,22)23)16-12-8-6-10-14(16)18(3,4)21(19,24)25/h5-12,22-25H,1-4H3. The maximum atomic E-state index is 11.4. The van der Waals surface area contributed by atoms with E-state index in [4.69, 9.17) is 0 Å². The first-order chi connectivity index (χ1) is 11.5. The molecule has 2 aromatic carbocycles. The second kappa shape index (κ2) is 4.33. The van der Waals surface area contributed by atoms with Crippen molar-refractivity contribution in [1.82, 2.24) is 0 Å². The molecule has 132 valence electrons. The van der Waals surface area contributed by atoms with E-state index in [0.717, 1.165) is 0 Å². The molecule has 4 rings (SSSR count). The Morgan fingerprint density at radius 3 is 1.12 bits per heavy atom. The maximum absolute atomic E-state index is 11.4. The smallest absolute Gasteiger partial charge is 0.191 e. The van der Waals surface area contributed by atoms with Gasteiger partial charge in [-0.3, -0.25) is 0 Å². The van der Waals surface area contributed by atoms with E-state index < -0.39 is 27.8 Å². The summed E-state index contributed by atoms with van der Waals surface area (Å²) in [7, 11) is 0. The van der Waals surface area contributed by atoms with Gasteiger partial charge in [0.2, 0.25) is 0 Å². The first kappa shape index (κ1) is 16.7. The highest BCUT2D eigenvalue weighted by Gasteiger charge is 2.80. The van der Waals surface area contributed by atoms with Crippen molar-refractivity contribution in [1.29, 1.82) is 0 Å². The largest absolute Gasteiger partial charge is 0.364 e. The Bertz CT molecular complexity index is 803. The van der Waals surface area contributed by atoms with Gasteiger partial charge in [0.1, 0.15) is 5.41 Å². The topological polar surface area (TPSA) is 80.9 Å². The van der Waals surface area contributed by atoms with Crippen LogP contribution in [0.2, 0.25) is 0 Å². The van der Waals surface area contributed by atoms with E-state index in [1.807, 2.05) is 24.3 Å². The van der Waals surface area contributed by atoms with Gasteiger partial charge in [0, 0.05) is 10.8 Å². The molecule has 2 aromatic rings. The molecule has 0 heterocycles. The molecule has 0 unspecified atom stereocenters. The van der Waals surface area contributed by atoms with Crippen molar-refractivity contribution in [2.24, 2.45) is 0 Å². The molecule has 0 aromatic heterocycles. The molecule has 2 aliphatic rings. The summed E-state index contributed by atoms with van der Waals surface area (Å²) < 4.78 is 0. The Kier molecular flexibility index (Phi) is 2.90. The maximum Gasteiger partial charge on any atom is 0.191 e. The summed E-state index contributed by atoms with van der Waals surface area (Å²) in [5.41, 5.74) is -1.43. The lowest BCUT2D eigenvalue weighted by Crippen LogP contribution is -2.69. The summed E-state index contributed by atoms with van der Waals surface area (Å²) in [6.07, 6.45) is 0. The van der Waals surface area contributed by atoms with Crippen LogP contribution in [-0.4, -0.2) is 32.0 Å². The van der Waals surface area contributed by atoms with E-state index in [9.17, 15) is 20.4 Å². The van der Waals surface area contributed by atoms with Crippen molar-refractivity contribution in [2.75, 3.05) is 0 Å². The van der Waals surface area contributed by atoms with Gasteiger partial charge in [0.05, 0.1) is 0 Å². The molecule has 0 saturated carbocycles. The summed E-state index contributed by atoms with van der Waals surface area (Å²) >= 11 is 0. The molecule has 0 atom stereocenters. The van der Waals surface area contributed by atoms with E-state index in [0.29, 0.717) is 22.3 Å². The average molecular weight is 340 g/mol. The van der Waals surface area contributed by atoms with Gasteiger partial charge in [-0.05, 0) is 22.3 Å². The Balaban J connectivity index is 2.25. The molecule has 2 aliphatic carbocycles. The lowest BCUT2D eigenvalue weighted by molar-refractivity contribution is -0.328. The summed E-state index contributed by atoms with van der Waals surface area (Å²) in [4.78, 5) is 0. The third-order valence-electron chi connectivity index (χ3n) is 6.80. The van der Waals surface area contributed by atoms with Crippen LogP contribution in [0.4, 0.5) is 0 Å². The van der Waals surface area contributed by atoms with Crippen molar-refractivity contribution in [3.05, 3.63) is 70.8 Å². The van der Waals surface area contributed by atoms with Crippen LogP contribution in [0.1, 0.15) is 49.9 Å². The van der Waals surface area contributed by atoms with Gasteiger partial charge in [-0.15, -0.1) is 0 Å². The van der Waals surface area contributed by atoms with Gasteiger partial charge in [-0.1, -0.05) is 76.2 Å². The highest BCUT2D eigenvalue weighted by atomic mass is 16.5. The molecule has 0 amide bonds. The fourth-order valence-corrected chi connectivity index (χ4v) is 5.16. The third-order valence-corrected chi connectivity index (χ3v) is 6.80. The zero-order valence-electron chi connectivity index (χ0n) is 14.9. The molecule has 0 aliphatic heterocycles. The monoisotopic (exact) mass is 340 g/mol. The fraction of sp³-hybridized carbons (Fsp3) is 0.429. The normalized spacial score (nSPS) is 25.6. The van der Waals surface area contributed by atoms with Crippen LogP contribution in [0.15, 0.2) is 48.5 Å². The lowest BCUT2D eigenvalue weighted by Gasteiger charge is -2.50. The van der Waals surface area contributed by atoms with Gasteiger partial charge in [-0.2, -0.15) is 0 Å². The Labute approximate surface area is 147 Å². The Morgan fingerprint density at radius 1 is 0.520 bits per heavy atom. The van der Waals surface area contributed by atoms with Crippen LogP contribution in [0.25, 0.3) is 0 Å². The van der Waals surface area contributed by atoms with Gasteiger partial charge >= 0.3 is 0 Å². The lowest BCUT2D eigenvalue weighted by atomic mass is 9.63. The second-order valence-electron chi connectivity index (χ2n) is 8.44. The Hall–Kier alpha value is -1.72. The minimum Gasteiger partial charge on any atom is -0.364 e. The zero-order chi connectivity index (χ0) is 18.5. The molecule has 25 heavy (non-hydrogen) atoms. The highest BCUT2D eigenvalue weighted by molar-refractivity contribution is 5.65. The molecule has 4 N–H and O–H groups in total. The average Bonchev–Trinajstić information content (AvgIpc) is 2.78. The van der Waals surface area contributed by atoms with Crippen molar-refractivity contribution in [3.8, 4) is 0 Å². The number of hydrogen-bond acceptors (Lipinski definition) is 4. The summed E-state index contributed by atoms with van der Waals surface area (Å²) in [6, 6.07) is 14.4. The summed E-state index contributed by atoms with van der Waals surface area (Å²) in [6.45, 7) is 6.91. The van der Waals surface area contributed by atoms with Crippen LogP contribution < -0.4 is 0 Å². The van der Waals surface area contributed by atoms with Crippen LogP contribution in [-0.2, 0) is 16.2 Å². The summed E-state index contributed by atoms with van der Waals surface area (Å²) in [5, 5.41) is 45.8. The number of aliphatic hydroxyl groups is 4. The molecule has 4 nitrogen and oxygen atoms in total. The molecular weight excluding hydrogens is 316 g/mol. The fourth-order valence-electron chi connectivity index (χ4n) is 5.16. The van der Waals surface area contributed by atoms with Crippen LogP contribution >= 0.6 is 0 Å². The third kappa shape index (κ3) is 1.42. The van der Waals surface area contributed by atoms with Gasteiger partial charge in [-0.25, -0.2) is 0 Å². The van der Waals surface area contributed by atoms with Crippen LogP contribution in [0.3, 0.4) is 0 Å².